The second kappa shape index (κ2) is 28.3. The Balaban J connectivity index is 0.000000378. The first kappa shape index (κ1) is 55.6. The number of pyridine rings is 1. The molecule has 0 aliphatic heterocycles. The van der Waals surface area contributed by atoms with E-state index in [-0.39, 0.29) is 0 Å². The lowest BCUT2D eigenvalue weighted by Gasteiger charge is -2.08. The molecule has 0 radical (unpaired) electrons. The molecule has 342 valence electrons. The molecular weight excluding hydrogens is 779 g/mol. The zero-order valence-electron chi connectivity index (χ0n) is 42.7. The van der Waals surface area contributed by atoms with Gasteiger partial charge in [0.25, 0.3) is 0 Å². The second-order valence-corrected chi connectivity index (χ2v) is 17.7. The fourth-order valence-corrected chi connectivity index (χ4v) is 5.71. The molecule has 11 heteroatoms. The van der Waals surface area contributed by atoms with Gasteiger partial charge in [0.1, 0.15) is 30.1 Å². The van der Waals surface area contributed by atoms with Gasteiger partial charge in [-0.1, -0.05) is 83.1 Å². The summed E-state index contributed by atoms with van der Waals surface area (Å²) in [5.74, 6) is 5.69. The van der Waals surface area contributed by atoms with Crippen LogP contribution in [-0.2, 0) is 0 Å². The molecule has 0 saturated heterocycles. The normalized spacial score (nSPS) is 10.5. The smallest absolute Gasteiger partial charge is 0.131 e. The Labute approximate surface area is 381 Å². The molecule has 0 aliphatic carbocycles. The van der Waals surface area contributed by atoms with Crippen molar-refractivity contribution in [2.45, 2.75) is 181 Å². The summed E-state index contributed by atoms with van der Waals surface area (Å²) in [6.45, 7) is 43.6. The SMILES string of the molecule is Cc1cc(C(C)C)cc(C)n1.Cc1cc(C(C)C)nc(C)n1.Cc1cc(C(C)C)ncn1.Cc1ccnc(C(C)C)n1.Cc1nccc(C(C)C)n1.Cc1ncnc(C(C)C)c1C. The fraction of sp³-hybridized carbons (Fsp3) is 0.519. The van der Waals surface area contributed by atoms with Gasteiger partial charge in [-0.2, -0.15) is 0 Å². The van der Waals surface area contributed by atoms with E-state index >= 15 is 0 Å². The van der Waals surface area contributed by atoms with Crippen LogP contribution in [0.5, 0.6) is 0 Å². The highest BCUT2D eigenvalue weighted by Gasteiger charge is 2.07. The van der Waals surface area contributed by atoms with Crippen LogP contribution in [0, 0.1) is 62.3 Å². The third-order valence-corrected chi connectivity index (χ3v) is 9.41. The maximum Gasteiger partial charge on any atom is 0.131 e. The van der Waals surface area contributed by atoms with Crippen LogP contribution in [0.1, 0.15) is 204 Å². The van der Waals surface area contributed by atoms with Gasteiger partial charge in [0, 0.05) is 75.3 Å². The van der Waals surface area contributed by atoms with Crippen molar-refractivity contribution in [3.05, 3.63) is 147 Å². The molecule has 11 nitrogen and oxygen atoms in total. The van der Waals surface area contributed by atoms with Crippen molar-refractivity contribution in [1.29, 1.82) is 0 Å². The summed E-state index contributed by atoms with van der Waals surface area (Å²) in [5.41, 5.74) is 13.6. The maximum absolute atomic E-state index is 4.32. The Morgan fingerprint density at radius 2 is 0.873 bits per heavy atom. The van der Waals surface area contributed by atoms with Gasteiger partial charge in [0.2, 0.25) is 0 Å². The van der Waals surface area contributed by atoms with Crippen LogP contribution in [0.3, 0.4) is 0 Å². The number of hydrogen-bond donors (Lipinski definition) is 0. The van der Waals surface area contributed by atoms with E-state index in [1.807, 2.05) is 79.7 Å². The van der Waals surface area contributed by atoms with Crippen LogP contribution < -0.4 is 0 Å². The molecule has 0 unspecified atom stereocenters. The molecule has 6 aromatic heterocycles. The molecule has 0 spiro atoms. The van der Waals surface area contributed by atoms with E-state index in [0.29, 0.717) is 35.5 Å². The fourth-order valence-electron chi connectivity index (χ4n) is 5.71. The van der Waals surface area contributed by atoms with Crippen molar-refractivity contribution in [3.63, 3.8) is 0 Å². The van der Waals surface area contributed by atoms with Gasteiger partial charge in [-0.05, 0) is 139 Å². The third-order valence-electron chi connectivity index (χ3n) is 9.41. The Morgan fingerprint density at radius 1 is 0.349 bits per heavy atom. The first-order valence-corrected chi connectivity index (χ1v) is 22.3. The first-order valence-electron chi connectivity index (χ1n) is 22.3. The summed E-state index contributed by atoms with van der Waals surface area (Å²) in [7, 11) is 0. The lowest BCUT2D eigenvalue weighted by Crippen LogP contribution is -2.00. The number of nitrogens with zero attached hydrogens (tertiary/aromatic N) is 11. The summed E-state index contributed by atoms with van der Waals surface area (Å²) < 4.78 is 0. The van der Waals surface area contributed by atoms with Crippen LogP contribution >= 0.6 is 0 Å². The van der Waals surface area contributed by atoms with Crippen LogP contribution in [0.4, 0.5) is 0 Å². The summed E-state index contributed by atoms with van der Waals surface area (Å²) in [5, 5.41) is 0. The Bertz CT molecular complexity index is 2010. The molecule has 0 N–H and O–H groups in total. The van der Waals surface area contributed by atoms with Gasteiger partial charge in [-0.25, -0.2) is 49.8 Å². The highest BCUT2D eigenvalue weighted by atomic mass is 14.9. The van der Waals surface area contributed by atoms with E-state index in [1.165, 1.54) is 11.1 Å². The molecule has 0 fully saturated rings. The standard InChI is InChI=1S/C10H15N.2C9H14N2.3C8H12N2/c1-7(2)10-5-8(3)11-9(4)6-10;1-6(2)9-7(3)8(4)10-5-11-9;1-6(2)9-5-7(3)10-8(4)11-9;1-6(2)8-4-7(3)9-5-10-8;1-6(2)8-4-5-9-7(3)10-8;1-6(2)8-9-5-4-7(3)10-8/h5-7H,1-4H3;2*5-6H,1-4H3;3*4-6H,1-3H3. The zero-order chi connectivity index (χ0) is 48.0. The summed E-state index contributed by atoms with van der Waals surface area (Å²) in [6, 6.07) is 12.2. The second-order valence-electron chi connectivity index (χ2n) is 17.7. The van der Waals surface area contributed by atoms with Gasteiger partial charge in [-0.3, -0.25) is 4.98 Å². The predicted molar refractivity (Wildman–Crippen MR) is 262 cm³/mol. The van der Waals surface area contributed by atoms with Crippen molar-refractivity contribution < 1.29 is 0 Å². The highest BCUT2D eigenvalue weighted by Crippen LogP contribution is 2.17. The van der Waals surface area contributed by atoms with Crippen molar-refractivity contribution >= 4 is 0 Å². The minimum Gasteiger partial charge on any atom is -0.258 e. The number of rotatable bonds is 6. The number of aromatic nitrogens is 11. The molecule has 0 aromatic carbocycles. The van der Waals surface area contributed by atoms with Gasteiger partial charge in [0.15, 0.2) is 0 Å². The molecular formula is C52H79N11. The lowest BCUT2D eigenvalue weighted by molar-refractivity contribution is 0.766. The van der Waals surface area contributed by atoms with Gasteiger partial charge in [0.05, 0.1) is 0 Å². The average molecular weight is 858 g/mol. The van der Waals surface area contributed by atoms with E-state index < -0.39 is 0 Å². The highest BCUT2D eigenvalue weighted by molar-refractivity contribution is 5.24. The van der Waals surface area contributed by atoms with Crippen molar-refractivity contribution in [1.82, 2.24) is 54.8 Å². The minimum atomic E-state index is 0.430. The molecule has 0 amide bonds. The molecule has 0 atom stereocenters. The van der Waals surface area contributed by atoms with E-state index in [1.54, 1.807) is 25.0 Å². The number of aryl methyl sites for hydroxylation is 8. The summed E-state index contributed by atoms with van der Waals surface area (Å²) in [6.07, 6.45) is 6.86. The molecule has 63 heavy (non-hydrogen) atoms. The monoisotopic (exact) mass is 858 g/mol. The van der Waals surface area contributed by atoms with Crippen LogP contribution in [-0.4, -0.2) is 54.8 Å². The van der Waals surface area contributed by atoms with Gasteiger partial charge >= 0.3 is 0 Å². The lowest BCUT2D eigenvalue weighted by atomic mass is 10.0. The Morgan fingerprint density at radius 3 is 1.29 bits per heavy atom. The molecule has 6 rings (SSSR count). The topological polar surface area (TPSA) is 142 Å². The number of hydrogen-bond acceptors (Lipinski definition) is 11. The van der Waals surface area contributed by atoms with Gasteiger partial charge < -0.3 is 0 Å². The molecule has 0 aliphatic rings. The van der Waals surface area contributed by atoms with E-state index in [0.717, 1.165) is 74.4 Å². The summed E-state index contributed by atoms with van der Waals surface area (Å²) >= 11 is 0. The molecule has 0 saturated carbocycles. The summed E-state index contributed by atoms with van der Waals surface area (Å²) in [4.78, 5) is 46.0. The Hall–Kier alpha value is -5.45. The predicted octanol–water partition coefficient (Wildman–Crippen LogP) is 13.0. The first-order chi connectivity index (χ1) is 29.4. The van der Waals surface area contributed by atoms with Crippen molar-refractivity contribution in [2.75, 3.05) is 0 Å². The van der Waals surface area contributed by atoms with Crippen molar-refractivity contribution in [2.24, 2.45) is 0 Å². The third kappa shape index (κ3) is 22.5. The average Bonchev–Trinajstić information content (AvgIpc) is 3.19. The van der Waals surface area contributed by atoms with Crippen LogP contribution in [0.2, 0.25) is 0 Å². The van der Waals surface area contributed by atoms with E-state index in [4.69, 9.17) is 0 Å². The Kier molecular flexibility index (Phi) is 24.9. The zero-order valence-corrected chi connectivity index (χ0v) is 42.7. The largest absolute Gasteiger partial charge is 0.258 e. The van der Waals surface area contributed by atoms with Crippen LogP contribution in [0.25, 0.3) is 0 Å². The quantitative estimate of drug-likeness (QED) is 0.158. The molecule has 6 heterocycles. The van der Waals surface area contributed by atoms with Gasteiger partial charge in [-0.15, -0.1) is 0 Å². The molecule has 0 bridgehead atoms. The minimum absolute atomic E-state index is 0.430. The van der Waals surface area contributed by atoms with E-state index in [2.05, 4.69) is 157 Å². The maximum atomic E-state index is 4.32. The van der Waals surface area contributed by atoms with Crippen LogP contribution in [0.15, 0.2) is 61.4 Å². The van der Waals surface area contributed by atoms with E-state index in [9.17, 15) is 0 Å². The van der Waals surface area contributed by atoms with Crippen molar-refractivity contribution in [3.8, 4) is 0 Å². The molecule has 6 aromatic rings.